The molecule has 0 aromatic heterocycles. The van der Waals surface area contributed by atoms with E-state index in [2.05, 4.69) is 52.3 Å². The van der Waals surface area contributed by atoms with E-state index in [1.165, 1.54) is 36.0 Å². The van der Waals surface area contributed by atoms with Crippen molar-refractivity contribution in [1.82, 2.24) is 0 Å². The molecule has 0 saturated heterocycles. The Morgan fingerprint density at radius 3 is 2.79 bits per heavy atom. The number of aryl methyl sites for hydroxylation is 1. The topological polar surface area (TPSA) is 9.23 Å². The summed E-state index contributed by atoms with van der Waals surface area (Å²) in [6.07, 6.45) is 3.64. The SMILES string of the molecule is COc1ccc(Br)cc1C1CCCc2ccccc21. The van der Waals surface area contributed by atoms with Crippen LogP contribution in [-0.4, -0.2) is 7.11 Å². The van der Waals surface area contributed by atoms with Crippen molar-refractivity contribution in [2.24, 2.45) is 0 Å². The first-order valence-corrected chi connectivity index (χ1v) is 7.50. The summed E-state index contributed by atoms with van der Waals surface area (Å²) in [5.74, 6) is 1.45. The molecule has 1 aliphatic rings. The van der Waals surface area contributed by atoms with Crippen LogP contribution < -0.4 is 4.74 Å². The maximum Gasteiger partial charge on any atom is 0.122 e. The van der Waals surface area contributed by atoms with Crippen molar-refractivity contribution >= 4 is 15.9 Å². The summed E-state index contributed by atoms with van der Waals surface area (Å²) >= 11 is 3.58. The van der Waals surface area contributed by atoms with Gasteiger partial charge in [0.1, 0.15) is 5.75 Å². The van der Waals surface area contributed by atoms with Crippen molar-refractivity contribution in [3.8, 4) is 5.75 Å². The quantitative estimate of drug-likeness (QED) is 0.763. The van der Waals surface area contributed by atoms with Gasteiger partial charge in [0.2, 0.25) is 0 Å². The molecular weight excluding hydrogens is 300 g/mol. The molecule has 0 radical (unpaired) electrons. The van der Waals surface area contributed by atoms with E-state index in [0.29, 0.717) is 5.92 Å². The molecule has 2 aromatic rings. The number of rotatable bonds is 2. The molecule has 1 atom stereocenters. The zero-order chi connectivity index (χ0) is 13.2. The molecule has 2 aromatic carbocycles. The Hall–Kier alpha value is -1.28. The second kappa shape index (κ2) is 5.38. The molecule has 19 heavy (non-hydrogen) atoms. The van der Waals surface area contributed by atoms with E-state index in [4.69, 9.17) is 4.74 Å². The molecule has 1 aliphatic carbocycles. The first kappa shape index (κ1) is 12.7. The Balaban J connectivity index is 2.11. The van der Waals surface area contributed by atoms with Gasteiger partial charge in [-0.3, -0.25) is 0 Å². The average molecular weight is 317 g/mol. The zero-order valence-electron chi connectivity index (χ0n) is 11.0. The van der Waals surface area contributed by atoms with Crippen LogP contribution >= 0.6 is 15.9 Å². The van der Waals surface area contributed by atoms with E-state index in [1.54, 1.807) is 7.11 Å². The predicted octanol–water partition coefficient (Wildman–Crippen LogP) is 4.93. The van der Waals surface area contributed by atoms with Gasteiger partial charge < -0.3 is 4.74 Å². The van der Waals surface area contributed by atoms with Crippen molar-refractivity contribution in [2.75, 3.05) is 7.11 Å². The van der Waals surface area contributed by atoms with Crippen LogP contribution in [0.15, 0.2) is 46.9 Å². The van der Waals surface area contributed by atoms with E-state index >= 15 is 0 Å². The minimum Gasteiger partial charge on any atom is -0.496 e. The fourth-order valence-electron chi connectivity index (χ4n) is 3.05. The van der Waals surface area contributed by atoms with E-state index in [-0.39, 0.29) is 0 Å². The molecular formula is C17H17BrO. The molecule has 0 N–H and O–H groups in total. The van der Waals surface area contributed by atoms with E-state index in [0.717, 1.165) is 10.2 Å². The third-order valence-electron chi connectivity index (χ3n) is 3.94. The highest BCUT2D eigenvalue weighted by molar-refractivity contribution is 9.10. The van der Waals surface area contributed by atoms with Gasteiger partial charge in [0, 0.05) is 16.0 Å². The van der Waals surface area contributed by atoms with Gasteiger partial charge in [-0.05, 0) is 48.6 Å². The van der Waals surface area contributed by atoms with Gasteiger partial charge >= 0.3 is 0 Å². The van der Waals surface area contributed by atoms with Gasteiger partial charge in [-0.1, -0.05) is 40.2 Å². The average Bonchev–Trinajstić information content (AvgIpc) is 2.46. The lowest BCUT2D eigenvalue weighted by atomic mass is 9.79. The summed E-state index contributed by atoms with van der Waals surface area (Å²) < 4.78 is 6.66. The Labute approximate surface area is 122 Å². The maximum absolute atomic E-state index is 5.55. The lowest BCUT2D eigenvalue weighted by Gasteiger charge is -2.27. The van der Waals surface area contributed by atoms with Gasteiger partial charge in [-0.25, -0.2) is 0 Å². The Kier molecular flexibility index (Phi) is 3.61. The van der Waals surface area contributed by atoms with Crippen LogP contribution in [0.2, 0.25) is 0 Å². The molecule has 0 aliphatic heterocycles. The molecule has 3 rings (SSSR count). The zero-order valence-corrected chi connectivity index (χ0v) is 12.6. The number of halogens is 1. The standard InChI is InChI=1S/C17H17BrO/c1-19-17-10-9-13(18)11-16(17)15-8-4-6-12-5-2-3-7-14(12)15/h2-3,5,7,9-11,15H,4,6,8H2,1H3. The van der Waals surface area contributed by atoms with Crippen molar-refractivity contribution in [3.63, 3.8) is 0 Å². The van der Waals surface area contributed by atoms with Crippen LogP contribution in [0.5, 0.6) is 5.75 Å². The van der Waals surface area contributed by atoms with Crippen LogP contribution in [0, 0.1) is 0 Å². The minimum absolute atomic E-state index is 0.456. The van der Waals surface area contributed by atoms with Crippen molar-refractivity contribution in [3.05, 3.63) is 63.6 Å². The second-order valence-corrected chi connectivity index (χ2v) is 5.95. The number of hydrogen-bond acceptors (Lipinski definition) is 1. The number of methoxy groups -OCH3 is 1. The van der Waals surface area contributed by atoms with E-state index in [1.807, 2.05) is 6.07 Å². The van der Waals surface area contributed by atoms with Crippen LogP contribution in [0.25, 0.3) is 0 Å². The van der Waals surface area contributed by atoms with Gasteiger partial charge in [0.25, 0.3) is 0 Å². The van der Waals surface area contributed by atoms with Crippen molar-refractivity contribution in [1.29, 1.82) is 0 Å². The van der Waals surface area contributed by atoms with Crippen molar-refractivity contribution < 1.29 is 4.74 Å². The summed E-state index contributed by atoms with van der Waals surface area (Å²) in [7, 11) is 1.75. The second-order valence-electron chi connectivity index (χ2n) is 5.03. The van der Waals surface area contributed by atoms with Gasteiger partial charge in [0.15, 0.2) is 0 Å². The molecule has 0 saturated carbocycles. The summed E-state index contributed by atoms with van der Waals surface area (Å²) in [5.41, 5.74) is 4.25. The molecule has 0 bridgehead atoms. The highest BCUT2D eigenvalue weighted by Gasteiger charge is 2.24. The Bertz CT molecular complexity index is 592. The number of hydrogen-bond donors (Lipinski definition) is 0. The highest BCUT2D eigenvalue weighted by atomic mass is 79.9. The summed E-state index contributed by atoms with van der Waals surface area (Å²) in [5, 5.41) is 0. The molecule has 0 amide bonds. The van der Waals surface area contributed by atoms with Crippen molar-refractivity contribution in [2.45, 2.75) is 25.2 Å². The largest absolute Gasteiger partial charge is 0.496 e. The summed E-state index contributed by atoms with van der Waals surface area (Å²) in [4.78, 5) is 0. The summed E-state index contributed by atoms with van der Waals surface area (Å²) in [6.45, 7) is 0. The van der Waals surface area contributed by atoms with Crippen LogP contribution in [0.4, 0.5) is 0 Å². The minimum atomic E-state index is 0.456. The lowest BCUT2D eigenvalue weighted by molar-refractivity contribution is 0.405. The lowest BCUT2D eigenvalue weighted by Crippen LogP contribution is -2.11. The maximum atomic E-state index is 5.55. The smallest absolute Gasteiger partial charge is 0.122 e. The van der Waals surface area contributed by atoms with Crippen LogP contribution in [-0.2, 0) is 6.42 Å². The summed E-state index contributed by atoms with van der Waals surface area (Å²) in [6, 6.07) is 15.1. The fourth-order valence-corrected chi connectivity index (χ4v) is 3.43. The van der Waals surface area contributed by atoms with E-state index < -0.39 is 0 Å². The van der Waals surface area contributed by atoms with Crippen LogP contribution in [0.3, 0.4) is 0 Å². The highest BCUT2D eigenvalue weighted by Crippen LogP contribution is 2.41. The first-order valence-electron chi connectivity index (χ1n) is 6.71. The van der Waals surface area contributed by atoms with Gasteiger partial charge in [0.05, 0.1) is 7.11 Å². The molecule has 0 fully saturated rings. The van der Waals surface area contributed by atoms with Gasteiger partial charge in [-0.15, -0.1) is 0 Å². The Morgan fingerprint density at radius 2 is 1.95 bits per heavy atom. The number of benzene rings is 2. The van der Waals surface area contributed by atoms with E-state index in [9.17, 15) is 0 Å². The molecule has 0 spiro atoms. The molecule has 1 unspecified atom stereocenters. The molecule has 1 nitrogen and oxygen atoms in total. The third-order valence-corrected chi connectivity index (χ3v) is 4.43. The third kappa shape index (κ3) is 2.42. The fraction of sp³-hybridized carbons (Fsp3) is 0.294. The monoisotopic (exact) mass is 316 g/mol. The molecule has 2 heteroatoms. The Morgan fingerprint density at radius 1 is 1.11 bits per heavy atom. The molecule has 98 valence electrons. The first-order chi connectivity index (χ1) is 9.29. The number of fused-ring (bicyclic) bond motifs is 1. The predicted molar refractivity (Wildman–Crippen MR) is 81.9 cm³/mol. The normalized spacial score (nSPS) is 17.9. The van der Waals surface area contributed by atoms with Crippen LogP contribution in [0.1, 0.15) is 35.4 Å². The number of ether oxygens (including phenoxy) is 1. The van der Waals surface area contributed by atoms with Gasteiger partial charge in [-0.2, -0.15) is 0 Å². The molecule has 0 heterocycles.